The molecule has 0 amide bonds. The topological polar surface area (TPSA) is 0 Å². The summed E-state index contributed by atoms with van der Waals surface area (Å²) in [5.74, 6) is 0. The van der Waals surface area contributed by atoms with E-state index in [9.17, 15) is 0 Å². The molecule has 3 heteroatoms. The molecule has 1 aliphatic heterocycles. The molecule has 0 spiro atoms. The number of rotatable bonds is 4. The Morgan fingerprint density at radius 2 is 0.746 bits per heavy atom. The number of allylic oxidation sites excluding steroid dienone is 2. The summed E-state index contributed by atoms with van der Waals surface area (Å²) >= 11 is -3.42. The van der Waals surface area contributed by atoms with Crippen LogP contribution in [-0.2, 0) is 20.3 Å². The van der Waals surface area contributed by atoms with Gasteiger partial charge >= 0.3 is 369 Å². The van der Waals surface area contributed by atoms with Crippen LogP contribution in [0, 0.1) is 10.8 Å². The summed E-state index contributed by atoms with van der Waals surface area (Å²) < 4.78 is 2.88. The van der Waals surface area contributed by atoms with Crippen molar-refractivity contribution in [3.8, 4) is 22.3 Å². The molecule has 3 aliphatic carbocycles. The molecule has 8 aromatic carbocycles. The van der Waals surface area contributed by atoms with Gasteiger partial charge in [0.1, 0.15) is 0 Å². The maximum atomic E-state index is 2.75. The summed E-state index contributed by atoms with van der Waals surface area (Å²) in [6, 6.07) is 56.2. The van der Waals surface area contributed by atoms with E-state index in [1.54, 1.807) is 22.3 Å². The average molecular weight is 939 g/mol. The summed E-state index contributed by atoms with van der Waals surface area (Å²) in [6.07, 6.45) is 11.1. The van der Waals surface area contributed by atoms with Gasteiger partial charge in [0.15, 0.2) is 0 Å². The van der Waals surface area contributed by atoms with Gasteiger partial charge in [0.2, 0.25) is 0 Å². The Morgan fingerprint density at radius 3 is 1.08 bits per heavy atom. The van der Waals surface area contributed by atoms with Gasteiger partial charge in [-0.3, -0.25) is 0 Å². The largest absolute Gasteiger partial charge is 1.00 e. The van der Waals surface area contributed by atoms with Gasteiger partial charge < -0.3 is 24.8 Å². The van der Waals surface area contributed by atoms with Crippen LogP contribution in [-0.4, -0.2) is 0 Å². The first-order chi connectivity index (χ1) is 29.5. The molecule has 8 aromatic rings. The van der Waals surface area contributed by atoms with E-state index >= 15 is 0 Å². The number of fused-ring (bicyclic) bond motifs is 7. The molecule has 0 nitrogen and oxygen atoms in total. The van der Waals surface area contributed by atoms with E-state index in [1.807, 2.05) is 0 Å². The van der Waals surface area contributed by atoms with Crippen LogP contribution >= 0.6 is 0 Å². The Labute approximate surface area is 391 Å². The number of halogens is 2. The molecule has 1 heterocycles. The third kappa shape index (κ3) is 6.30. The second-order valence-corrected chi connectivity index (χ2v) is 32.5. The van der Waals surface area contributed by atoms with Gasteiger partial charge in [0, 0.05) is 0 Å². The predicted molar refractivity (Wildman–Crippen MR) is 260 cm³/mol. The Morgan fingerprint density at radius 1 is 0.413 bits per heavy atom. The van der Waals surface area contributed by atoms with Crippen molar-refractivity contribution >= 4 is 55.2 Å². The zero-order valence-corrected chi connectivity index (χ0v) is 41.4. The van der Waals surface area contributed by atoms with Gasteiger partial charge in [-0.15, -0.1) is 0 Å². The predicted octanol–water partition coefficient (Wildman–Crippen LogP) is 11.6. The van der Waals surface area contributed by atoms with Gasteiger partial charge in [-0.1, -0.05) is 0 Å². The van der Waals surface area contributed by atoms with Crippen LogP contribution in [0.5, 0.6) is 0 Å². The van der Waals surface area contributed by atoms with Gasteiger partial charge in [-0.05, 0) is 0 Å². The van der Waals surface area contributed by atoms with Crippen molar-refractivity contribution in [3.05, 3.63) is 179 Å². The number of hydrogen-bond acceptors (Lipinski definition) is 0. The van der Waals surface area contributed by atoms with Crippen LogP contribution in [0.3, 0.4) is 0 Å². The minimum absolute atomic E-state index is 0. The van der Waals surface area contributed by atoms with Crippen LogP contribution in [0.15, 0.2) is 157 Å². The maximum absolute atomic E-state index is 3.42. The molecule has 4 atom stereocenters. The third-order valence-corrected chi connectivity index (χ3v) is 32.6. The smallest absolute Gasteiger partial charge is 1.00 e. The van der Waals surface area contributed by atoms with E-state index in [0.29, 0.717) is 7.25 Å². The van der Waals surface area contributed by atoms with Crippen LogP contribution in [0.1, 0.15) is 96.7 Å². The fraction of sp³-hybridized carbons (Fsp3) is 0.267. The summed E-state index contributed by atoms with van der Waals surface area (Å²) in [5.41, 5.74) is 15.5. The molecule has 2 fully saturated rings. The molecule has 63 heavy (non-hydrogen) atoms. The summed E-state index contributed by atoms with van der Waals surface area (Å²) in [4.78, 5) is 0. The molecule has 1 saturated carbocycles. The monoisotopic (exact) mass is 936 g/mol. The van der Waals surface area contributed by atoms with Crippen LogP contribution in [0.25, 0.3) is 77.5 Å². The Balaban J connectivity index is 0.00000236. The zero-order chi connectivity index (χ0) is 41.4. The van der Waals surface area contributed by atoms with Gasteiger partial charge in [0.05, 0.1) is 0 Å². The van der Waals surface area contributed by atoms with Gasteiger partial charge in [-0.25, -0.2) is 0 Å². The number of benzene rings is 8. The Bertz CT molecular complexity index is 2880. The fourth-order valence-electron chi connectivity index (χ4n) is 13.5. The van der Waals surface area contributed by atoms with Crippen molar-refractivity contribution in [3.63, 3.8) is 0 Å². The van der Waals surface area contributed by atoms with E-state index in [4.69, 9.17) is 0 Å². The summed E-state index contributed by atoms with van der Waals surface area (Å²) in [5, 5.41) is 10.7. The van der Waals surface area contributed by atoms with Crippen molar-refractivity contribution in [1.29, 1.82) is 0 Å². The molecule has 1 saturated heterocycles. The van der Waals surface area contributed by atoms with Gasteiger partial charge in [-0.2, -0.15) is 0 Å². The first kappa shape index (κ1) is 42.7. The molecule has 0 bridgehead atoms. The summed E-state index contributed by atoms with van der Waals surface area (Å²) in [7, 11) is 0. The quantitative estimate of drug-likeness (QED) is 0.154. The molecule has 12 rings (SSSR count). The Kier molecular flexibility index (Phi) is 10.5. The average Bonchev–Trinajstić information content (AvgIpc) is 3.51. The fourth-order valence-corrected chi connectivity index (χ4v) is 37.5. The number of hydrogen-bond donors (Lipinski definition) is 0. The SMILES string of the molecule is CC(C)(C)C1=Cc2c(-c3c4ccccc4cc4ccccc34)cccc2[CH]1[Zr+2]1([CH]2C(C(C)(C)C)=Cc3c(-c4c5ccccc5cc5ccccc45)cccc32)[CH]2CCCC[CH]21.[Cl-].[Cl-]. The third-order valence-electron chi connectivity index (χ3n) is 15.9. The van der Waals surface area contributed by atoms with E-state index in [0.717, 1.165) is 7.25 Å². The maximum Gasteiger partial charge on any atom is -1.00 e. The van der Waals surface area contributed by atoms with E-state index in [-0.39, 0.29) is 35.6 Å². The molecule has 0 radical (unpaired) electrons. The first-order valence-corrected chi connectivity index (χ1v) is 28.7. The van der Waals surface area contributed by atoms with Crippen LogP contribution in [0.2, 0.25) is 7.25 Å². The van der Waals surface area contributed by atoms with Crippen LogP contribution < -0.4 is 24.8 Å². The molecule has 4 aliphatic rings. The first-order valence-electron chi connectivity index (χ1n) is 23.1. The molecular formula is C60H56Cl2Zr. The van der Waals surface area contributed by atoms with Gasteiger partial charge in [0.25, 0.3) is 0 Å². The van der Waals surface area contributed by atoms with E-state index in [1.165, 1.54) is 102 Å². The van der Waals surface area contributed by atoms with Crippen molar-refractivity contribution < 1.29 is 45.1 Å². The molecule has 4 unspecified atom stereocenters. The normalized spacial score (nSPS) is 21.5. The van der Waals surface area contributed by atoms with Crippen LogP contribution in [0.4, 0.5) is 0 Å². The van der Waals surface area contributed by atoms with Crippen molar-refractivity contribution in [2.45, 2.75) is 81.7 Å². The minimum Gasteiger partial charge on any atom is -1.00 e. The standard InChI is InChI=1S/2C27H23.C6H10.2ClH.Zr/c2*1-27(2,3)21-16-20-11-8-14-24(25(20)17-21)26-22-12-6-4-9-18(22)15-19-10-5-7-13-23(19)26;1-2-4-6-5-3-1;;;/h2*4-17H,1-3H3;1-2H,3-6H2;2*1H;/q;;;;;+2/p-2. The van der Waals surface area contributed by atoms with E-state index < -0.39 is 20.3 Å². The van der Waals surface area contributed by atoms with E-state index in [2.05, 4.69) is 199 Å². The molecule has 314 valence electrons. The second kappa shape index (κ2) is 15.4. The van der Waals surface area contributed by atoms with Crippen molar-refractivity contribution in [2.75, 3.05) is 0 Å². The molecule has 0 N–H and O–H groups in total. The molecule has 0 aromatic heterocycles. The zero-order valence-electron chi connectivity index (χ0n) is 37.4. The second-order valence-electron chi connectivity index (χ2n) is 21.1. The molecular weight excluding hydrogens is 883 g/mol. The Hall–Kier alpha value is -4.26. The minimum atomic E-state index is -3.42. The summed E-state index contributed by atoms with van der Waals surface area (Å²) in [6.45, 7) is 15.2. The van der Waals surface area contributed by atoms with Crippen molar-refractivity contribution in [2.24, 2.45) is 10.8 Å². The van der Waals surface area contributed by atoms with Crippen molar-refractivity contribution in [1.82, 2.24) is 0 Å².